The third-order valence-corrected chi connectivity index (χ3v) is 4.32. The van der Waals surface area contributed by atoms with Crippen LogP contribution in [0.5, 0.6) is 0 Å². The van der Waals surface area contributed by atoms with Gasteiger partial charge in [-0.1, -0.05) is 0 Å². The highest BCUT2D eigenvalue weighted by Crippen LogP contribution is 2.25. The summed E-state index contributed by atoms with van der Waals surface area (Å²) in [6.07, 6.45) is 5.71. The standard InChI is InChI=1S/C16H20N6O3/c1-20-10-13(8-18-20)21-6-2-3-11(9-21)19-15-5-4-12(22(24)25)7-14(15)16(17)23/h4-5,7-8,10-11,19H,2-3,6,9H2,1H3,(H2,17,23). The van der Waals surface area contributed by atoms with Crippen LogP contribution in [-0.4, -0.2) is 39.7 Å². The molecule has 1 unspecified atom stereocenters. The Balaban J connectivity index is 1.77. The molecule has 0 aliphatic carbocycles. The Hall–Kier alpha value is -3.10. The first-order valence-corrected chi connectivity index (χ1v) is 8.02. The molecule has 1 saturated heterocycles. The van der Waals surface area contributed by atoms with Crippen molar-refractivity contribution in [1.29, 1.82) is 0 Å². The lowest BCUT2D eigenvalue weighted by molar-refractivity contribution is -0.384. The van der Waals surface area contributed by atoms with Crippen molar-refractivity contribution in [1.82, 2.24) is 9.78 Å². The maximum atomic E-state index is 11.7. The van der Waals surface area contributed by atoms with Gasteiger partial charge in [-0.05, 0) is 18.9 Å². The second-order valence-electron chi connectivity index (χ2n) is 6.15. The molecule has 3 rings (SSSR count). The Kier molecular flexibility index (Phi) is 4.55. The van der Waals surface area contributed by atoms with Gasteiger partial charge in [0.2, 0.25) is 0 Å². The predicted octanol–water partition coefficient (Wildman–Crippen LogP) is 1.51. The highest BCUT2D eigenvalue weighted by atomic mass is 16.6. The average Bonchev–Trinajstić information content (AvgIpc) is 3.01. The molecular weight excluding hydrogens is 324 g/mol. The number of nitrogens with one attached hydrogen (secondary N) is 1. The highest BCUT2D eigenvalue weighted by molar-refractivity contribution is 5.99. The second-order valence-corrected chi connectivity index (χ2v) is 6.15. The number of nitro groups is 1. The quantitative estimate of drug-likeness (QED) is 0.627. The van der Waals surface area contributed by atoms with Crippen molar-refractivity contribution >= 4 is 23.0 Å². The number of carbonyl (C=O) groups excluding carboxylic acids is 1. The monoisotopic (exact) mass is 344 g/mol. The molecule has 9 nitrogen and oxygen atoms in total. The minimum Gasteiger partial charge on any atom is -0.380 e. The SMILES string of the molecule is Cn1cc(N2CCCC(Nc3ccc([N+](=O)[O-])cc3C(N)=O)C2)cn1. The number of nitro benzene ring substituents is 1. The van der Waals surface area contributed by atoms with Crippen LogP contribution in [0.25, 0.3) is 0 Å². The smallest absolute Gasteiger partial charge is 0.270 e. The van der Waals surface area contributed by atoms with Crippen LogP contribution in [0.1, 0.15) is 23.2 Å². The fraction of sp³-hybridized carbons (Fsp3) is 0.375. The van der Waals surface area contributed by atoms with Crippen molar-refractivity contribution in [3.05, 3.63) is 46.3 Å². The van der Waals surface area contributed by atoms with Crippen LogP contribution in [-0.2, 0) is 7.05 Å². The summed E-state index contributed by atoms with van der Waals surface area (Å²) < 4.78 is 1.76. The Labute approximate surface area is 144 Å². The first kappa shape index (κ1) is 16.7. The summed E-state index contributed by atoms with van der Waals surface area (Å²) in [4.78, 5) is 24.2. The molecule has 0 bridgehead atoms. The molecular formula is C16H20N6O3. The number of carbonyl (C=O) groups is 1. The molecule has 0 radical (unpaired) electrons. The Bertz CT molecular complexity index is 803. The second kappa shape index (κ2) is 6.80. The average molecular weight is 344 g/mol. The molecule has 0 saturated carbocycles. The van der Waals surface area contributed by atoms with E-state index in [1.807, 2.05) is 19.4 Å². The summed E-state index contributed by atoms with van der Waals surface area (Å²) in [6.45, 7) is 1.69. The molecule has 1 atom stereocenters. The first-order chi connectivity index (χ1) is 11.9. The number of primary amides is 1. The molecule has 1 aliphatic rings. The van der Waals surface area contributed by atoms with Gasteiger partial charge in [-0.15, -0.1) is 0 Å². The topological polar surface area (TPSA) is 119 Å². The first-order valence-electron chi connectivity index (χ1n) is 8.02. The molecule has 1 aliphatic heterocycles. The lowest BCUT2D eigenvalue weighted by Gasteiger charge is -2.34. The molecule has 1 fully saturated rings. The zero-order valence-electron chi connectivity index (χ0n) is 13.9. The van der Waals surface area contributed by atoms with Gasteiger partial charge in [0.25, 0.3) is 11.6 Å². The van der Waals surface area contributed by atoms with Crippen molar-refractivity contribution in [3.8, 4) is 0 Å². The number of nitrogens with two attached hydrogens (primary N) is 1. The zero-order valence-corrected chi connectivity index (χ0v) is 13.9. The summed E-state index contributed by atoms with van der Waals surface area (Å²) in [6, 6.07) is 4.23. The predicted molar refractivity (Wildman–Crippen MR) is 93.7 cm³/mol. The van der Waals surface area contributed by atoms with Gasteiger partial charge in [0.1, 0.15) is 0 Å². The van der Waals surface area contributed by atoms with E-state index in [1.54, 1.807) is 10.7 Å². The lowest BCUT2D eigenvalue weighted by atomic mass is 10.0. The molecule has 132 valence electrons. The number of anilines is 2. The fourth-order valence-electron chi connectivity index (χ4n) is 3.10. The van der Waals surface area contributed by atoms with E-state index in [0.717, 1.165) is 31.6 Å². The van der Waals surface area contributed by atoms with Gasteiger partial charge in [-0.3, -0.25) is 19.6 Å². The van der Waals surface area contributed by atoms with E-state index in [9.17, 15) is 14.9 Å². The van der Waals surface area contributed by atoms with Crippen LogP contribution in [0.3, 0.4) is 0 Å². The number of nitrogens with zero attached hydrogens (tertiary/aromatic N) is 4. The van der Waals surface area contributed by atoms with Crippen LogP contribution in [0.15, 0.2) is 30.6 Å². The highest BCUT2D eigenvalue weighted by Gasteiger charge is 2.23. The van der Waals surface area contributed by atoms with Gasteiger partial charge < -0.3 is 16.0 Å². The van der Waals surface area contributed by atoms with Crippen molar-refractivity contribution < 1.29 is 9.72 Å². The largest absolute Gasteiger partial charge is 0.380 e. The van der Waals surface area contributed by atoms with Gasteiger partial charge in [0, 0.05) is 50.2 Å². The number of hydrogen-bond donors (Lipinski definition) is 2. The van der Waals surface area contributed by atoms with Gasteiger partial charge in [-0.2, -0.15) is 5.10 Å². The van der Waals surface area contributed by atoms with Crippen LogP contribution >= 0.6 is 0 Å². The minimum absolute atomic E-state index is 0.105. The molecule has 1 amide bonds. The van der Waals surface area contributed by atoms with E-state index < -0.39 is 10.8 Å². The van der Waals surface area contributed by atoms with Gasteiger partial charge in [0.05, 0.1) is 22.4 Å². The number of non-ortho nitro benzene ring substituents is 1. The van der Waals surface area contributed by atoms with Crippen LogP contribution in [0.4, 0.5) is 17.1 Å². The molecule has 9 heteroatoms. The summed E-state index contributed by atoms with van der Waals surface area (Å²) in [7, 11) is 1.87. The van der Waals surface area contributed by atoms with Crippen molar-refractivity contribution in [3.63, 3.8) is 0 Å². The van der Waals surface area contributed by atoms with E-state index in [4.69, 9.17) is 5.73 Å². The number of amides is 1. The number of aryl methyl sites for hydroxylation is 1. The number of benzene rings is 1. The third-order valence-electron chi connectivity index (χ3n) is 4.32. The molecule has 1 aromatic carbocycles. The van der Waals surface area contributed by atoms with Crippen molar-refractivity contribution in [2.24, 2.45) is 12.8 Å². The van der Waals surface area contributed by atoms with E-state index in [-0.39, 0.29) is 17.3 Å². The Morgan fingerprint density at radius 2 is 2.28 bits per heavy atom. The van der Waals surface area contributed by atoms with Gasteiger partial charge in [0.15, 0.2) is 0 Å². The molecule has 1 aromatic heterocycles. The normalized spacial score (nSPS) is 17.3. The van der Waals surface area contributed by atoms with E-state index in [2.05, 4.69) is 15.3 Å². The van der Waals surface area contributed by atoms with Gasteiger partial charge in [-0.25, -0.2) is 0 Å². The Morgan fingerprint density at radius 3 is 2.92 bits per heavy atom. The molecule has 25 heavy (non-hydrogen) atoms. The van der Waals surface area contributed by atoms with Crippen LogP contribution in [0.2, 0.25) is 0 Å². The number of piperidine rings is 1. The van der Waals surface area contributed by atoms with Crippen molar-refractivity contribution in [2.45, 2.75) is 18.9 Å². The van der Waals surface area contributed by atoms with Crippen molar-refractivity contribution in [2.75, 3.05) is 23.3 Å². The van der Waals surface area contributed by atoms with E-state index >= 15 is 0 Å². The van der Waals surface area contributed by atoms with Gasteiger partial charge >= 0.3 is 0 Å². The lowest BCUT2D eigenvalue weighted by Crippen LogP contribution is -2.42. The summed E-state index contributed by atoms with van der Waals surface area (Å²) in [5.41, 5.74) is 6.94. The maximum Gasteiger partial charge on any atom is 0.270 e. The van der Waals surface area contributed by atoms with Crippen LogP contribution < -0.4 is 16.0 Å². The minimum atomic E-state index is -0.689. The maximum absolute atomic E-state index is 11.7. The third kappa shape index (κ3) is 3.70. The molecule has 0 spiro atoms. The van der Waals surface area contributed by atoms with Crippen LogP contribution in [0, 0.1) is 10.1 Å². The zero-order chi connectivity index (χ0) is 18.0. The number of hydrogen-bond acceptors (Lipinski definition) is 6. The summed E-state index contributed by atoms with van der Waals surface area (Å²) in [5, 5.41) is 18.4. The molecule has 2 aromatic rings. The van der Waals surface area contributed by atoms with E-state index in [0.29, 0.717) is 5.69 Å². The molecule has 2 heterocycles. The number of aromatic nitrogens is 2. The fourth-order valence-corrected chi connectivity index (χ4v) is 3.10. The van der Waals surface area contributed by atoms with E-state index in [1.165, 1.54) is 12.1 Å². The summed E-state index contributed by atoms with van der Waals surface area (Å²) in [5.74, 6) is -0.689. The number of rotatable bonds is 5. The molecule has 3 N–H and O–H groups in total. The summed E-state index contributed by atoms with van der Waals surface area (Å²) >= 11 is 0. The Morgan fingerprint density at radius 1 is 1.48 bits per heavy atom.